The van der Waals surface area contributed by atoms with E-state index in [9.17, 15) is 0 Å². The van der Waals surface area contributed by atoms with Gasteiger partial charge in [-0.15, -0.1) is 21.8 Å². The third-order valence-electron chi connectivity index (χ3n) is 2.19. The molecular formula is C11H10Cl2N2O. The lowest BCUT2D eigenvalue weighted by Crippen LogP contribution is -1.82. The zero-order valence-corrected chi connectivity index (χ0v) is 10.4. The first kappa shape index (κ1) is 11.4. The molecule has 0 radical (unpaired) electrons. The lowest BCUT2D eigenvalue weighted by molar-refractivity contribution is 0.507. The predicted molar refractivity (Wildman–Crippen MR) is 63.7 cm³/mol. The van der Waals surface area contributed by atoms with E-state index in [1.54, 1.807) is 13.0 Å². The van der Waals surface area contributed by atoms with Crippen LogP contribution in [0.15, 0.2) is 22.6 Å². The molecule has 0 aliphatic rings. The highest BCUT2D eigenvalue weighted by molar-refractivity contribution is 6.31. The van der Waals surface area contributed by atoms with Gasteiger partial charge in [0.1, 0.15) is 5.38 Å². The van der Waals surface area contributed by atoms with Crippen molar-refractivity contribution in [2.45, 2.75) is 19.2 Å². The fraction of sp³-hybridized carbons (Fsp3) is 0.273. The maximum absolute atomic E-state index is 5.94. The molecule has 0 saturated carbocycles. The van der Waals surface area contributed by atoms with Gasteiger partial charge in [0.2, 0.25) is 11.8 Å². The van der Waals surface area contributed by atoms with E-state index in [0.717, 1.165) is 11.1 Å². The van der Waals surface area contributed by atoms with Crippen molar-refractivity contribution in [1.82, 2.24) is 10.2 Å². The highest BCUT2D eigenvalue weighted by Crippen LogP contribution is 2.26. The molecule has 1 heterocycles. The minimum Gasteiger partial charge on any atom is -0.419 e. The Morgan fingerprint density at radius 1 is 1.31 bits per heavy atom. The quantitative estimate of drug-likeness (QED) is 0.763. The molecule has 3 nitrogen and oxygen atoms in total. The topological polar surface area (TPSA) is 38.9 Å². The van der Waals surface area contributed by atoms with Gasteiger partial charge < -0.3 is 4.42 Å². The first-order valence-corrected chi connectivity index (χ1v) is 5.63. The molecule has 0 amide bonds. The Hall–Kier alpha value is -1.06. The number of alkyl halides is 1. The Balaban J connectivity index is 2.39. The van der Waals surface area contributed by atoms with Crippen LogP contribution in [0.2, 0.25) is 5.02 Å². The van der Waals surface area contributed by atoms with Crippen molar-refractivity contribution in [1.29, 1.82) is 0 Å². The van der Waals surface area contributed by atoms with Gasteiger partial charge >= 0.3 is 0 Å². The van der Waals surface area contributed by atoms with E-state index in [1.165, 1.54) is 0 Å². The van der Waals surface area contributed by atoms with Gasteiger partial charge in [0, 0.05) is 10.6 Å². The summed E-state index contributed by atoms with van der Waals surface area (Å²) in [5, 5.41) is 8.23. The van der Waals surface area contributed by atoms with Gasteiger partial charge in [-0.3, -0.25) is 0 Å². The number of halogens is 2. The molecule has 1 atom stereocenters. The molecule has 0 spiro atoms. The first-order valence-electron chi connectivity index (χ1n) is 4.82. The largest absolute Gasteiger partial charge is 0.419 e. The number of aryl methyl sites for hydroxylation is 1. The van der Waals surface area contributed by atoms with Crippen LogP contribution in [-0.2, 0) is 0 Å². The molecule has 0 fully saturated rings. The fourth-order valence-electron chi connectivity index (χ4n) is 1.29. The van der Waals surface area contributed by atoms with Crippen LogP contribution in [0.5, 0.6) is 0 Å². The maximum Gasteiger partial charge on any atom is 0.247 e. The summed E-state index contributed by atoms with van der Waals surface area (Å²) in [5.74, 6) is 0.881. The van der Waals surface area contributed by atoms with Crippen LogP contribution < -0.4 is 0 Å². The van der Waals surface area contributed by atoms with Crippen LogP contribution >= 0.6 is 23.2 Å². The maximum atomic E-state index is 5.94. The van der Waals surface area contributed by atoms with E-state index < -0.39 is 0 Å². The monoisotopic (exact) mass is 256 g/mol. The molecule has 0 bridgehead atoms. The molecule has 16 heavy (non-hydrogen) atoms. The van der Waals surface area contributed by atoms with Crippen LogP contribution in [0.4, 0.5) is 0 Å². The number of nitrogens with zero attached hydrogens (tertiary/aromatic N) is 2. The normalized spacial score (nSPS) is 12.8. The summed E-state index contributed by atoms with van der Waals surface area (Å²) in [4.78, 5) is 0. The molecule has 5 heteroatoms. The third-order valence-corrected chi connectivity index (χ3v) is 2.80. The highest BCUT2D eigenvalue weighted by atomic mass is 35.5. The summed E-state index contributed by atoms with van der Waals surface area (Å²) in [6, 6.07) is 5.55. The third kappa shape index (κ3) is 2.20. The van der Waals surface area contributed by atoms with Crippen LogP contribution in [0, 0.1) is 6.92 Å². The van der Waals surface area contributed by atoms with Crippen molar-refractivity contribution in [3.63, 3.8) is 0 Å². The van der Waals surface area contributed by atoms with E-state index in [2.05, 4.69) is 10.2 Å². The average Bonchev–Trinajstić information content (AvgIpc) is 2.71. The number of rotatable bonds is 2. The van der Waals surface area contributed by atoms with Crippen LogP contribution in [-0.4, -0.2) is 10.2 Å². The van der Waals surface area contributed by atoms with Gasteiger partial charge in [-0.25, -0.2) is 0 Å². The molecule has 2 aromatic rings. The van der Waals surface area contributed by atoms with Crippen molar-refractivity contribution in [2.24, 2.45) is 0 Å². The van der Waals surface area contributed by atoms with Gasteiger partial charge in [0.25, 0.3) is 0 Å². The van der Waals surface area contributed by atoms with Crippen LogP contribution in [0.3, 0.4) is 0 Å². The second kappa shape index (κ2) is 4.44. The second-order valence-corrected chi connectivity index (χ2v) is 4.59. The van der Waals surface area contributed by atoms with Gasteiger partial charge in [-0.1, -0.05) is 11.6 Å². The molecule has 0 N–H and O–H groups in total. The molecule has 2 rings (SSSR count). The zero-order valence-electron chi connectivity index (χ0n) is 8.87. The SMILES string of the molecule is Cc1cc(-c2nnc(C(C)Cl)o2)ccc1Cl. The summed E-state index contributed by atoms with van der Waals surface area (Å²) < 4.78 is 5.43. The minimum absolute atomic E-state index is 0.283. The van der Waals surface area contributed by atoms with Crippen molar-refractivity contribution in [3.05, 3.63) is 34.7 Å². The molecule has 0 aliphatic carbocycles. The fourth-order valence-corrected chi connectivity index (χ4v) is 1.50. The predicted octanol–water partition coefficient (Wildman–Crippen LogP) is 4.00. The summed E-state index contributed by atoms with van der Waals surface area (Å²) in [5.41, 5.74) is 1.82. The molecule has 0 saturated heterocycles. The summed E-state index contributed by atoms with van der Waals surface area (Å²) >= 11 is 11.8. The van der Waals surface area contributed by atoms with E-state index in [-0.39, 0.29) is 5.38 Å². The van der Waals surface area contributed by atoms with E-state index in [1.807, 2.05) is 19.1 Å². The Labute approximate surface area is 103 Å². The first-order chi connectivity index (χ1) is 7.58. The summed E-state index contributed by atoms with van der Waals surface area (Å²) in [6.45, 7) is 3.71. The van der Waals surface area contributed by atoms with Gasteiger partial charge in [0.15, 0.2) is 0 Å². The molecule has 0 aliphatic heterocycles. The number of hydrogen-bond acceptors (Lipinski definition) is 3. The van der Waals surface area contributed by atoms with E-state index >= 15 is 0 Å². The van der Waals surface area contributed by atoms with Crippen molar-refractivity contribution >= 4 is 23.2 Å². The molecule has 1 aromatic heterocycles. The minimum atomic E-state index is -0.283. The lowest BCUT2D eigenvalue weighted by atomic mass is 10.1. The Bertz CT molecular complexity index is 508. The molecule has 1 unspecified atom stereocenters. The lowest BCUT2D eigenvalue weighted by Gasteiger charge is -1.99. The standard InChI is InChI=1S/C11H10Cl2N2O/c1-6-5-8(3-4-9(6)13)11-15-14-10(16-11)7(2)12/h3-5,7H,1-2H3. The van der Waals surface area contributed by atoms with Crippen LogP contribution in [0.25, 0.3) is 11.5 Å². The Kier molecular flexibility index (Phi) is 3.17. The van der Waals surface area contributed by atoms with Crippen LogP contribution in [0.1, 0.15) is 23.8 Å². The Morgan fingerprint density at radius 3 is 2.62 bits per heavy atom. The molecule has 84 valence electrons. The molecule has 1 aromatic carbocycles. The van der Waals surface area contributed by atoms with E-state index in [0.29, 0.717) is 16.8 Å². The van der Waals surface area contributed by atoms with Gasteiger partial charge in [0.05, 0.1) is 0 Å². The smallest absolute Gasteiger partial charge is 0.247 e. The average molecular weight is 257 g/mol. The highest BCUT2D eigenvalue weighted by Gasteiger charge is 2.12. The summed E-state index contributed by atoms with van der Waals surface area (Å²) in [6.07, 6.45) is 0. The Morgan fingerprint density at radius 2 is 2.06 bits per heavy atom. The summed E-state index contributed by atoms with van der Waals surface area (Å²) in [7, 11) is 0. The van der Waals surface area contributed by atoms with E-state index in [4.69, 9.17) is 27.6 Å². The number of hydrogen-bond donors (Lipinski definition) is 0. The number of aromatic nitrogens is 2. The van der Waals surface area contributed by atoms with Gasteiger partial charge in [-0.2, -0.15) is 0 Å². The van der Waals surface area contributed by atoms with Crippen molar-refractivity contribution in [2.75, 3.05) is 0 Å². The number of benzene rings is 1. The zero-order chi connectivity index (χ0) is 11.7. The van der Waals surface area contributed by atoms with Gasteiger partial charge in [-0.05, 0) is 37.6 Å². The molecular weight excluding hydrogens is 247 g/mol. The second-order valence-electron chi connectivity index (χ2n) is 3.53. The van der Waals surface area contributed by atoms with Crippen molar-refractivity contribution < 1.29 is 4.42 Å². The van der Waals surface area contributed by atoms with Crippen molar-refractivity contribution in [3.8, 4) is 11.5 Å².